The summed E-state index contributed by atoms with van der Waals surface area (Å²) < 4.78 is 0. The van der Waals surface area contributed by atoms with E-state index in [4.69, 9.17) is 5.73 Å². The highest BCUT2D eigenvalue weighted by molar-refractivity contribution is 6.06. The molecule has 3 N–H and O–H groups in total. The smallest absolute Gasteiger partial charge is 0.251 e. The van der Waals surface area contributed by atoms with Crippen LogP contribution in [0, 0.1) is 6.92 Å². The molecule has 1 fully saturated rings. The maximum atomic E-state index is 12.8. The Kier molecular flexibility index (Phi) is 4.66. The number of Topliss-reactive ketones (excluding diaryl/α,β-unsaturated/α-hetero) is 1. The summed E-state index contributed by atoms with van der Waals surface area (Å²) in [5.74, 6) is -0.133. The molecule has 0 radical (unpaired) electrons. The lowest BCUT2D eigenvalue weighted by Gasteiger charge is -2.26. The predicted octanol–water partition coefficient (Wildman–Crippen LogP) is 2.23. The number of ketones is 1. The lowest BCUT2D eigenvalue weighted by molar-refractivity contribution is -0.116. The van der Waals surface area contributed by atoms with Gasteiger partial charge in [-0.3, -0.25) is 14.6 Å². The van der Waals surface area contributed by atoms with E-state index in [9.17, 15) is 9.59 Å². The maximum absolute atomic E-state index is 12.8. The van der Waals surface area contributed by atoms with Crippen molar-refractivity contribution in [2.45, 2.75) is 50.9 Å². The summed E-state index contributed by atoms with van der Waals surface area (Å²) in [5, 5.41) is 3.00. The Morgan fingerprint density at radius 2 is 2.07 bits per heavy atom. The van der Waals surface area contributed by atoms with Crippen LogP contribution in [0.4, 0.5) is 5.69 Å². The van der Waals surface area contributed by atoms with E-state index in [-0.39, 0.29) is 11.7 Å². The average molecular weight is 364 g/mol. The molecule has 2 aliphatic carbocycles. The summed E-state index contributed by atoms with van der Waals surface area (Å²) in [6.07, 6.45) is 10.7. The summed E-state index contributed by atoms with van der Waals surface area (Å²) in [7, 11) is 0. The van der Waals surface area contributed by atoms with Gasteiger partial charge in [-0.15, -0.1) is 0 Å². The monoisotopic (exact) mass is 364 g/mol. The van der Waals surface area contributed by atoms with Crippen LogP contribution in [-0.2, 0) is 4.79 Å². The number of anilines is 1. The zero-order valence-electron chi connectivity index (χ0n) is 15.4. The number of nitrogens with zero attached hydrogens (tertiary/aromatic N) is 2. The molecule has 1 aromatic carbocycles. The molecule has 6 nitrogen and oxygen atoms in total. The number of carbonyl (C=O) groups is 2. The molecule has 2 unspecified atom stereocenters. The van der Waals surface area contributed by atoms with E-state index in [1.165, 1.54) is 0 Å². The summed E-state index contributed by atoms with van der Waals surface area (Å²) >= 11 is 0. The first-order chi connectivity index (χ1) is 13.0. The van der Waals surface area contributed by atoms with Gasteiger partial charge < -0.3 is 16.0 Å². The van der Waals surface area contributed by atoms with Gasteiger partial charge in [0.05, 0.1) is 6.34 Å². The second-order valence-electron chi connectivity index (χ2n) is 7.36. The van der Waals surface area contributed by atoms with E-state index in [0.717, 1.165) is 36.9 Å². The Morgan fingerprint density at radius 1 is 1.26 bits per heavy atom. The summed E-state index contributed by atoms with van der Waals surface area (Å²) in [6, 6.07) is 5.21. The topological polar surface area (TPSA) is 87.8 Å². The molecule has 1 aromatic rings. The van der Waals surface area contributed by atoms with E-state index < -0.39 is 12.2 Å². The number of carbonyl (C=O) groups excluding carboxylic acids is 2. The summed E-state index contributed by atoms with van der Waals surface area (Å²) in [6.45, 7) is 1.96. The minimum atomic E-state index is -0.637. The van der Waals surface area contributed by atoms with E-state index in [1.807, 2.05) is 43.4 Å². The van der Waals surface area contributed by atoms with Gasteiger partial charge in [0.2, 0.25) is 0 Å². The zero-order valence-corrected chi connectivity index (χ0v) is 15.4. The SMILES string of the molecule is Cc1ccc(C(=O)NC2CC2)cc1N1C=NC(C(=O)C2=CCCC=C2)C1N. The number of nitrogens with one attached hydrogen (secondary N) is 1. The number of aliphatic imine (C=N–C) groups is 1. The van der Waals surface area contributed by atoms with E-state index >= 15 is 0 Å². The minimum absolute atomic E-state index is 0.0579. The van der Waals surface area contributed by atoms with Gasteiger partial charge in [-0.25, -0.2) is 0 Å². The summed E-state index contributed by atoms with van der Waals surface area (Å²) in [4.78, 5) is 31.3. The van der Waals surface area contributed by atoms with Crippen LogP contribution in [0.1, 0.15) is 41.6 Å². The van der Waals surface area contributed by atoms with Crippen LogP contribution in [0.5, 0.6) is 0 Å². The van der Waals surface area contributed by atoms with Gasteiger partial charge in [0.25, 0.3) is 5.91 Å². The van der Waals surface area contributed by atoms with Crippen LogP contribution in [-0.4, -0.2) is 36.3 Å². The molecule has 2 atom stereocenters. The van der Waals surface area contributed by atoms with Gasteiger partial charge in [-0.05, 0) is 50.3 Å². The lowest BCUT2D eigenvalue weighted by atomic mass is 9.97. The van der Waals surface area contributed by atoms with Gasteiger partial charge in [0.15, 0.2) is 5.78 Å². The first kappa shape index (κ1) is 17.7. The Morgan fingerprint density at radius 3 is 2.78 bits per heavy atom. The van der Waals surface area contributed by atoms with Crippen molar-refractivity contribution in [1.29, 1.82) is 0 Å². The molecule has 0 bridgehead atoms. The third-order valence-corrected chi connectivity index (χ3v) is 5.21. The number of hydrogen-bond donors (Lipinski definition) is 2. The van der Waals surface area contributed by atoms with Crippen molar-refractivity contribution in [1.82, 2.24) is 5.32 Å². The molecule has 3 aliphatic rings. The molecule has 1 heterocycles. The number of amides is 1. The fourth-order valence-electron chi connectivity index (χ4n) is 3.40. The van der Waals surface area contributed by atoms with Crippen molar-refractivity contribution >= 4 is 23.7 Å². The number of nitrogens with two attached hydrogens (primary N) is 1. The van der Waals surface area contributed by atoms with E-state index in [0.29, 0.717) is 17.2 Å². The Hall–Kier alpha value is -2.73. The van der Waals surface area contributed by atoms with Crippen molar-refractivity contribution in [3.05, 3.63) is 53.1 Å². The molecular weight excluding hydrogens is 340 g/mol. The third kappa shape index (κ3) is 3.57. The molecule has 6 heteroatoms. The quantitative estimate of drug-likeness (QED) is 0.839. The fraction of sp³-hybridized carbons (Fsp3) is 0.381. The first-order valence-corrected chi connectivity index (χ1v) is 9.44. The summed E-state index contributed by atoms with van der Waals surface area (Å²) in [5.41, 5.74) is 9.43. The van der Waals surface area contributed by atoms with Crippen molar-refractivity contribution in [3.63, 3.8) is 0 Å². The van der Waals surface area contributed by atoms with Crippen molar-refractivity contribution in [2.75, 3.05) is 4.90 Å². The van der Waals surface area contributed by atoms with Gasteiger partial charge in [0, 0.05) is 22.9 Å². The molecule has 0 aromatic heterocycles. The molecule has 1 amide bonds. The number of hydrogen-bond acceptors (Lipinski definition) is 5. The highest BCUT2D eigenvalue weighted by Gasteiger charge is 2.35. The van der Waals surface area contributed by atoms with E-state index in [1.54, 1.807) is 11.2 Å². The first-order valence-electron chi connectivity index (χ1n) is 9.44. The second kappa shape index (κ2) is 7.12. The normalized spacial score (nSPS) is 24.1. The molecule has 1 saturated carbocycles. The highest BCUT2D eigenvalue weighted by Crippen LogP contribution is 2.28. The molecule has 4 rings (SSSR count). The number of aryl methyl sites for hydroxylation is 1. The van der Waals surface area contributed by atoms with Crippen molar-refractivity contribution in [2.24, 2.45) is 10.7 Å². The van der Waals surface area contributed by atoms with E-state index in [2.05, 4.69) is 10.3 Å². The van der Waals surface area contributed by atoms with Crippen LogP contribution >= 0.6 is 0 Å². The standard InChI is InChI=1S/C21H24N4O2/c1-13-7-8-15(21(27)24-16-9-10-16)11-17(13)25-12-23-18(20(25)22)19(26)14-5-3-2-4-6-14/h3,5-8,11-12,16,18,20H,2,4,9-10,22H2,1H3,(H,24,27). The van der Waals surface area contributed by atoms with Gasteiger partial charge >= 0.3 is 0 Å². The number of allylic oxidation sites excluding steroid dienone is 3. The molecule has 27 heavy (non-hydrogen) atoms. The maximum Gasteiger partial charge on any atom is 0.251 e. The van der Waals surface area contributed by atoms with Gasteiger partial charge in [-0.1, -0.05) is 24.3 Å². The average Bonchev–Trinajstić information content (AvgIpc) is 3.42. The zero-order chi connectivity index (χ0) is 19.0. The van der Waals surface area contributed by atoms with Gasteiger partial charge in [-0.2, -0.15) is 0 Å². The van der Waals surface area contributed by atoms with Crippen LogP contribution in [0.3, 0.4) is 0 Å². The second-order valence-corrected chi connectivity index (χ2v) is 7.36. The fourth-order valence-corrected chi connectivity index (χ4v) is 3.40. The molecule has 140 valence electrons. The number of rotatable bonds is 5. The minimum Gasteiger partial charge on any atom is -0.349 e. The van der Waals surface area contributed by atoms with Crippen LogP contribution in [0.25, 0.3) is 0 Å². The van der Waals surface area contributed by atoms with Crippen LogP contribution in [0.2, 0.25) is 0 Å². The molecule has 0 spiro atoms. The van der Waals surface area contributed by atoms with Crippen molar-refractivity contribution in [3.8, 4) is 0 Å². The van der Waals surface area contributed by atoms with Crippen molar-refractivity contribution < 1.29 is 9.59 Å². The molecule has 1 aliphatic heterocycles. The lowest BCUT2D eigenvalue weighted by Crippen LogP contribution is -2.47. The molecule has 0 saturated heterocycles. The van der Waals surface area contributed by atoms with Crippen LogP contribution < -0.4 is 16.0 Å². The highest BCUT2D eigenvalue weighted by atomic mass is 16.1. The Bertz CT molecular complexity index is 867. The Labute approximate surface area is 158 Å². The molecular formula is C21H24N4O2. The predicted molar refractivity (Wildman–Crippen MR) is 106 cm³/mol. The van der Waals surface area contributed by atoms with Crippen LogP contribution in [0.15, 0.2) is 47.0 Å². The van der Waals surface area contributed by atoms with Gasteiger partial charge in [0.1, 0.15) is 12.2 Å². The largest absolute Gasteiger partial charge is 0.349 e. The number of benzene rings is 1. The third-order valence-electron chi connectivity index (χ3n) is 5.21. The Balaban J connectivity index is 1.54.